The highest BCUT2D eigenvalue weighted by Crippen LogP contribution is 2.34. The van der Waals surface area contributed by atoms with Gasteiger partial charge in [0, 0.05) is 18.1 Å². The molecule has 1 N–H and O–H groups in total. The zero-order valence-corrected chi connectivity index (χ0v) is 13.4. The molecule has 1 atom stereocenters. The van der Waals surface area contributed by atoms with Crippen LogP contribution in [-0.2, 0) is 0 Å². The van der Waals surface area contributed by atoms with Crippen molar-refractivity contribution in [3.8, 4) is 11.5 Å². The summed E-state index contributed by atoms with van der Waals surface area (Å²) in [5.41, 5.74) is 0. The summed E-state index contributed by atoms with van der Waals surface area (Å²) in [6, 6.07) is 5.94. The highest BCUT2D eigenvalue weighted by Gasteiger charge is 2.11. The fraction of sp³-hybridized carbons (Fsp3) is 0.471. The quantitative estimate of drug-likeness (QED) is 0.874. The molecule has 2 aromatic rings. The molecule has 21 heavy (non-hydrogen) atoms. The Morgan fingerprint density at radius 1 is 1.10 bits per heavy atom. The van der Waals surface area contributed by atoms with E-state index in [2.05, 4.69) is 31.1 Å². The lowest BCUT2D eigenvalue weighted by Crippen LogP contribution is -2.17. The zero-order chi connectivity index (χ0) is 15.4. The third kappa shape index (κ3) is 3.38. The van der Waals surface area contributed by atoms with Crippen LogP contribution >= 0.6 is 0 Å². The second-order valence-corrected chi connectivity index (χ2v) is 5.69. The number of methoxy groups -OCH3 is 2. The Labute approximate surface area is 126 Å². The number of rotatable bonds is 6. The first kappa shape index (κ1) is 15.4. The van der Waals surface area contributed by atoms with Crippen LogP contribution < -0.4 is 14.8 Å². The molecule has 0 saturated carbocycles. The van der Waals surface area contributed by atoms with Gasteiger partial charge in [-0.05, 0) is 35.4 Å². The summed E-state index contributed by atoms with van der Waals surface area (Å²) in [5.74, 6) is 3.57. The van der Waals surface area contributed by atoms with Crippen molar-refractivity contribution >= 4 is 16.6 Å². The average Bonchev–Trinajstić information content (AvgIpc) is 2.50. The van der Waals surface area contributed by atoms with Crippen LogP contribution in [0.5, 0.6) is 11.5 Å². The van der Waals surface area contributed by atoms with Crippen molar-refractivity contribution < 1.29 is 9.47 Å². The molecule has 0 bridgehead atoms. The third-order valence-corrected chi connectivity index (χ3v) is 4.00. The predicted octanol–water partition coefficient (Wildman–Crippen LogP) is 3.96. The highest BCUT2D eigenvalue weighted by atomic mass is 16.5. The second-order valence-electron chi connectivity index (χ2n) is 5.69. The molecule has 0 amide bonds. The number of nitrogens with one attached hydrogen (secondary N) is 1. The largest absolute Gasteiger partial charge is 0.493 e. The summed E-state index contributed by atoms with van der Waals surface area (Å²) in [7, 11) is 3.29. The van der Waals surface area contributed by atoms with E-state index >= 15 is 0 Å². The van der Waals surface area contributed by atoms with Gasteiger partial charge in [-0.25, -0.2) is 4.98 Å². The molecule has 1 aromatic heterocycles. The fourth-order valence-corrected chi connectivity index (χ4v) is 2.13. The maximum atomic E-state index is 5.38. The summed E-state index contributed by atoms with van der Waals surface area (Å²) in [4.78, 5) is 4.46. The van der Waals surface area contributed by atoms with Gasteiger partial charge in [0.25, 0.3) is 0 Å². The van der Waals surface area contributed by atoms with E-state index < -0.39 is 0 Å². The van der Waals surface area contributed by atoms with Gasteiger partial charge in [0.2, 0.25) is 0 Å². The smallest absolute Gasteiger partial charge is 0.161 e. The predicted molar refractivity (Wildman–Crippen MR) is 87.3 cm³/mol. The molecule has 2 rings (SSSR count). The van der Waals surface area contributed by atoms with E-state index in [0.717, 1.165) is 34.6 Å². The Morgan fingerprint density at radius 3 is 2.38 bits per heavy atom. The first-order chi connectivity index (χ1) is 10.1. The number of hydrogen-bond acceptors (Lipinski definition) is 4. The van der Waals surface area contributed by atoms with Gasteiger partial charge >= 0.3 is 0 Å². The van der Waals surface area contributed by atoms with Crippen LogP contribution in [0.2, 0.25) is 0 Å². The lowest BCUT2D eigenvalue weighted by molar-refractivity contribution is 0.356. The Bertz CT molecular complexity index is 611. The maximum Gasteiger partial charge on any atom is 0.161 e. The molecular weight excluding hydrogens is 264 g/mol. The van der Waals surface area contributed by atoms with Gasteiger partial charge < -0.3 is 14.8 Å². The topological polar surface area (TPSA) is 43.4 Å². The van der Waals surface area contributed by atoms with Crippen LogP contribution in [0.4, 0.5) is 5.82 Å². The minimum absolute atomic E-state index is 0.585. The van der Waals surface area contributed by atoms with Crippen molar-refractivity contribution in [2.24, 2.45) is 11.8 Å². The van der Waals surface area contributed by atoms with Crippen LogP contribution in [0.1, 0.15) is 20.8 Å². The van der Waals surface area contributed by atoms with Crippen molar-refractivity contribution in [3.63, 3.8) is 0 Å². The monoisotopic (exact) mass is 288 g/mol. The molecule has 1 aromatic carbocycles. The molecule has 0 aliphatic carbocycles. The average molecular weight is 288 g/mol. The third-order valence-electron chi connectivity index (χ3n) is 4.00. The lowest BCUT2D eigenvalue weighted by Gasteiger charge is -2.18. The molecule has 0 saturated heterocycles. The number of pyridine rings is 1. The van der Waals surface area contributed by atoms with E-state index in [0.29, 0.717) is 11.8 Å². The number of anilines is 1. The van der Waals surface area contributed by atoms with Crippen LogP contribution in [0.3, 0.4) is 0 Å². The lowest BCUT2D eigenvalue weighted by atomic mass is 9.98. The number of aromatic nitrogens is 1. The van der Waals surface area contributed by atoms with Crippen LogP contribution in [0.15, 0.2) is 24.4 Å². The Hall–Kier alpha value is -1.97. The van der Waals surface area contributed by atoms with Crippen LogP contribution in [0, 0.1) is 11.8 Å². The number of nitrogens with zero attached hydrogens (tertiary/aromatic N) is 1. The van der Waals surface area contributed by atoms with E-state index in [-0.39, 0.29) is 0 Å². The van der Waals surface area contributed by atoms with E-state index in [1.165, 1.54) is 0 Å². The first-order valence-electron chi connectivity index (χ1n) is 7.31. The molecule has 4 heteroatoms. The van der Waals surface area contributed by atoms with Crippen molar-refractivity contribution in [1.82, 2.24) is 4.98 Å². The maximum absolute atomic E-state index is 5.38. The second kappa shape index (κ2) is 6.66. The summed E-state index contributed by atoms with van der Waals surface area (Å²) in [5, 5.41) is 5.58. The van der Waals surface area contributed by atoms with Gasteiger partial charge in [-0.3, -0.25) is 0 Å². The summed E-state index contributed by atoms with van der Waals surface area (Å²) < 4.78 is 10.7. The molecule has 0 radical (unpaired) electrons. The highest BCUT2D eigenvalue weighted by molar-refractivity contribution is 5.94. The summed E-state index contributed by atoms with van der Waals surface area (Å²) in [6.45, 7) is 7.61. The molecule has 1 heterocycles. The van der Waals surface area contributed by atoms with E-state index in [4.69, 9.17) is 9.47 Å². The zero-order valence-electron chi connectivity index (χ0n) is 13.4. The van der Waals surface area contributed by atoms with Gasteiger partial charge in [-0.15, -0.1) is 0 Å². The van der Waals surface area contributed by atoms with Gasteiger partial charge in [-0.1, -0.05) is 20.8 Å². The first-order valence-corrected chi connectivity index (χ1v) is 7.31. The normalized spacial score (nSPS) is 12.5. The van der Waals surface area contributed by atoms with Crippen LogP contribution in [0.25, 0.3) is 10.8 Å². The number of ether oxygens (including phenoxy) is 2. The fourth-order valence-electron chi connectivity index (χ4n) is 2.13. The van der Waals surface area contributed by atoms with Gasteiger partial charge in [0.15, 0.2) is 11.5 Å². The van der Waals surface area contributed by atoms with Gasteiger partial charge in [0.1, 0.15) is 5.82 Å². The molecule has 0 aliphatic heterocycles. The minimum Gasteiger partial charge on any atom is -0.493 e. The molecule has 114 valence electrons. The number of benzene rings is 1. The van der Waals surface area contributed by atoms with Gasteiger partial charge in [0.05, 0.1) is 14.2 Å². The summed E-state index contributed by atoms with van der Waals surface area (Å²) >= 11 is 0. The number of fused-ring (bicyclic) bond motifs is 1. The Kier molecular flexibility index (Phi) is 4.89. The standard InChI is InChI=1S/C17H24N2O2/c1-11(2)12(3)10-19-17-14-9-16(21-5)15(20-4)8-13(14)6-7-18-17/h6-9,11-12H,10H2,1-5H3,(H,18,19). The Morgan fingerprint density at radius 2 is 1.76 bits per heavy atom. The van der Waals surface area contributed by atoms with E-state index in [9.17, 15) is 0 Å². The van der Waals surface area contributed by atoms with E-state index in [1.807, 2.05) is 24.4 Å². The molecule has 0 fully saturated rings. The summed E-state index contributed by atoms with van der Waals surface area (Å²) in [6.07, 6.45) is 1.82. The molecule has 4 nitrogen and oxygen atoms in total. The van der Waals surface area contributed by atoms with Crippen molar-refractivity contribution in [2.45, 2.75) is 20.8 Å². The van der Waals surface area contributed by atoms with Crippen molar-refractivity contribution in [3.05, 3.63) is 24.4 Å². The minimum atomic E-state index is 0.585. The molecule has 1 unspecified atom stereocenters. The van der Waals surface area contributed by atoms with Gasteiger partial charge in [-0.2, -0.15) is 0 Å². The SMILES string of the molecule is COc1cc2ccnc(NCC(C)C(C)C)c2cc1OC. The van der Waals surface area contributed by atoms with Crippen molar-refractivity contribution in [1.29, 1.82) is 0 Å². The molecule has 0 aliphatic rings. The van der Waals surface area contributed by atoms with E-state index in [1.54, 1.807) is 14.2 Å². The molecular formula is C17H24N2O2. The molecule has 0 spiro atoms. The van der Waals surface area contributed by atoms with Crippen LogP contribution in [-0.4, -0.2) is 25.7 Å². The Balaban J connectivity index is 2.36. The number of hydrogen-bond donors (Lipinski definition) is 1. The van der Waals surface area contributed by atoms with Crippen molar-refractivity contribution in [2.75, 3.05) is 26.1 Å².